The van der Waals surface area contributed by atoms with Crippen LogP contribution in [0.5, 0.6) is 17.2 Å². The summed E-state index contributed by atoms with van der Waals surface area (Å²) in [5.74, 6) is -0.192. The molecule has 1 N–H and O–H groups in total. The molecule has 2 heterocycles. The van der Waals surface area contributed by atoms with Crippen molar-refractivity contribution in [1.82, 2.24) is 9.88 Å². The van der Waals surface area contributed by atoms with Gasteiger partial charge in [0, 0.05) is 25.4 Å². The minimum Gasteiger partial charge on any atom is -0.503 e. The quantitative estimate of drug-likeness (QED) is 0.636. The fourth-order valence-corrected chi connectivity index (χ4v) is 3.88. The predicted octanol–water partition coefficient (Wildman–Crippen LogP) is 3.62. The third-order valence-electron chi connectivity index (χ3n) is 5.28. The van der Waals surface area contributed by atoms with E-state index >= 15 is 0 Å². The van der Waals surface area contributed by atoms with Gasteiger partial charge in [0.1, 0.15) is 0 Å². The number of pyridine rings is 1. The van der Waals surface area contributed by atoms with E-state index in [9.17, 15) is 14.7 Å². The van der Waals surface area contributed by atoms with Crippen molar-refractivity contribution in [2.24, 2.45) is 5.92 Å². The van der Waals surface area contributed by atoms with Crippen LogP contribution in [0, 0.1) is 5.92 Å². The van der Waals surface area contributed by atoms with Gasteiger partial charge in [-0.15, -0.1) is 0 Å². The van der Waals surface area contributed by atoms with Crippen LogP contribution in [0.4, 0.5) is 0 Å². The second-order valence-electron chi connectivity index (χ2n) is 7.94. The highest BCUT2D eigenvalue weighted by Crippen LogP contribution is 2.45. The van der Waals surface area contributed by atoms with Gasteiger partial charge in [0.15, 0.2) is 23.0 Å². The largest absolute Gasteiger partial charge is 0.503 e. The number of methoxy groups -OCH3 is 3. The standard InChI is InChI=1S/C24H28N2O6/c1-14(2)9-17(27)20-21(16-10-18(30-3)23(32-5)19(11-16)31-4)26(24(29)22(20)28)13-15-7-6-8-25-12-15/h6-8,10-12,14,21,28H,9,13H2,1-5H3. The van der Waals surface area contributed by atoms with E-state index in [2.05, 4.69) is 4.98 Å². The van der Waals surface area contributed by atoms with Crippen molar-refractivity contribution in [3.63, 3.8) is 0 Å². The topological polar surface area (TPSA) is 98.2 Å². The Labute approximate surface area is 187 Å². The molecule has 2 aromatic rings. The summed E-state index contributed by atoms with van der Waals surface area (Å²) < 4.78 is 16.3. The maximum absolute atomic E-state index is 13.1. The van der Waals surface area contributed by atoms with Crippen LogP contribution in [0.25, 0.3) is 0 Å². The van der Waals surface area contributed by atoms with Crippen LogP contribution in [-0.4, -0.2) is 48.0 Å². The lowest BCUT2D eigenvalue weighted by atomic mass is 9.91. The van der Waals surface area contributed by atoms with Gasteiger partial charge >= 0.3 is 0 Å². The first-order valence-corrected chi connectivity index (χ1v) is 10.3. The molecule has 8 nitrogen and oxygen atoms in total. The van der Waals surface area contributed by atoms with Crippen molar-refractivity contribution >= 4 is 11.7 Å². The van der Waals surface area contributed by atoms with Crippen LogP contribution in [0.3, 0.4) is 0 Å². The molecule has 0 radical (unpaired) electrons. The number of hydrogen-bond acceptors (Lipinski definition) is 7. The average molecular weight is 440 g/mol. The van der Waals surface area contributed by atoms with E-state index in [1.54, 1.807) is 30.6 Å². The number of carbonyl (C=O) groups excluding carboxylic acids is 2. The second-order valence-corrected chi connectivity index (χ2v) is 7.94. The summed E-state index contributed by atoms with van der Waals surface area (Å²) in [6, 6.07) is 6.16. The Morgan fingerprint density at radius 3 is 2.31 bits per heavy atom. The zero-order chi connectivity index (χ0) is 23.4. The van der Waals surface area contributed by atoms with Crippen LogP contribution in [0.1, 0.15) is 37.4 Å². The molecule has 0 saturated carbocycles. The lowest BCUT2D eigenvalue weighted by molar-refractivity contribution is -0.130. The highest BCUT2D eigenvalue weighted by molar-refractivity contribution is 6.09. The molecule has 8 heteroatoms. The number of hydrogen-bond donors (Lipinski definition) is 1. The highest BCUT2D eigenvalue weighted by atomic mass is 16.5. The van der Waals surface area contributed by atoms with Gasteiger partial charge in [0.25, 0.3) is 5.91 Å². The second kappa shape index (κ2) is 9.72. The monoisotopic (exact) mass is 440 g/mol. The highest BCUT2D eigenvalue weighted by Gasteiger charge is 2.44. The van der Waals surface area contributed by atoms with Crippen LogP contribution in [0.2, 0.25) is 0 Å². The van der Waals surface area contributed by atoms with Gasteiger partial charge in [0.2, 0.25) is 5.75 Å². The Morgan fingerprint density at radius 1 is 1.16 bits per heavy atom. The number of aromatic nitrogens is 1. The fraction of sp³-hybridized carbons (Fsp3) is 0.375. The molecule has 1 atom stereocenters. The minimum absolute atomic E-state index is 0.0610. The molecule has 1 unspecified atom stereocenters. The molecule has 0 bridgehead atoms. The number of ether oxygens (including phenoxy) is 3. The molecule has 32 heavy (non-hydrogen) atoms. The summed E-state index contributed by atoms with van der Waals surface area (Å²) in [6.07, 6.45) is 3.48. The molecular weight excluding hydrogens is 412 g/mol. The van der Waals surface area contributed by atoms with Gasteiger partial charge in [-0.25, -0.2) is 0 Å². The van der Waals surface area contributed by atoms with Crippen molar-refractivity contribution < 1.29 is 28.9 Å². The number of aliphatic hydroxyl groups is 1. The molecule has 1 aliphatic rings. The normalized spacial score (nSPS) is 16.0. The first-order valence-electron chi connectivity index (χ1n) is 10.3. The first kappa shape index (κ1) is 23.1. The summed E-state index contributed by atoms with van der Waals surface area (Å²) in [4.78, 5) is 31.8. The predicted molar refractivity (Wildman–Crippen MR) is 118 cm³/mol. The molecule has 1 aromatic heterocycles. The first-order chi connectivity index (χ1) is 15.3. The van der Waals surface area contributed by atoms with E-state index in [0.29, 0.717) is 22.8 Å². The Kier molecular flexibility index (Phi) is 7.02. The van der Waals surface area contributed by atoms with Gasteiger partial charge in [-0.05, 0) is 35.2 Å². The maximum atomic E-state index is 13.1. The van der Waals surface area contributed by atoms with Crippen LogP contribution in [0.15, 0.2) is 48.0 Å². The number of rotatable bonds is 9. The van der Waals surface area contributed by atoms with E-state index < -0.39 is 17.7 Å². The summed E-state index contributed by atoms with van der Waals surface area (Å²) in [5.41, 5.74) is 1.40. The Balaban J connectivity index is 2.17. The number of ketones is 1. The molecule has 170 valence electrons. The van der Waals surface area contributed by atoms with E-state index in [0.717, 1.165) is 5.56 Å². The summed E-state index contributed by atoms with van der Waals surface area (Å²) in [6.45, 7) is 3.98. The summed E-state index contributed by atoms with van der Waals surface area (Å²) >= 11 is 0. The third-order valence-corrected chi connectivity index (χ3v) is 5.28. The van der Waals surface area contributed by atoms with Gasteiger partial charge in [0.05, 0.1) is 32.9 Å². The zero-order valence-corrected chi connectivity index (χ0v) is 18.9. The SMILES string of the molecule is COc1cc(C2C(C(=O)CC(C)C)=C(O)C(=O)N2Cc2cccnc2)cc(OC)c1OC. The van der Waals surface area contributed by atoms with Gasteiger partial charge < -0.3 is 24.2 Å². The summed E-state index contributed by atoms with van der Waals surface area (Å²) in [7, 11) is 4.48. The molecular formula is C24H28N2O6. The number of benzene rings is 1. The molecule has 3 rings (SSSR count). The lowest BCUT2D eigenvalue weighted by Gasteiger charge is -2.28. The number of amides is 1. The maximum Gasteiger partial charge on any atom is 0.290 e. The average Bonchev–Trinajstić information content (AvgIpc) is 3.03. The van der Waals surface area contributed by atoms with Crippen molar-refractivity contribution in [3.8, 4) is 17.2 Å². The Bertz CT molecular complexity index is 1010. The van der Waals surface area contributed by atoms with Gasteiger partial charge in [-0.3, -0.25) is 14.6 Å². The zero-order valence-electron chi connectivity index (χ0n) is 18.9. The van der Waals surface area contributed by atoms with E-state index in [1.165, 1.54) is 26.2 Å². The third kappa shape index (κ3) is 4.39. The molecule has 1 amide bonds. The number of Topliss-reactive ketones (excluding diaryl/α,β-unsaturated/α-hetero) is 1. The summed E-state index contributed by atoms with van der Waals surface area (Å²) in [5, 5.41) is 10.7. The molecule has 0 aliphatic carbocycles. The van der Waals surface area contributed by atoms with Crippen molar-refractivity contribution in [2.45, 2.75) is 32.9 Å². The van der Waals surface area contributed by atoms with Gasteiger partial charge in [-0.2, -0.15) is 0 Å². The van der Waals surface area contributed by atoms with Crippen LogP contribution < -0.4 is 14.2 Å². The Hall–Kier alpha value is -3.55. The van der Waals surface area contributed by atoms with Crippen molar-refractivity contribution in [1.29, 1.82) is 0 Å². The Morgan fingerprint density at radius 2 is 1.81 bits per heavy atom. The fourth-order valence-electron chi connectivity index (χ4n) is 3.88. The number of nitrogens with zero attached hydrogens (tertiary/aromatic N) is 2. The number of aliphatic hydroxyl groups excluding tert-OH is 1. The molecule has 1 aliphatic heterocycles. The lowest BCUT2D eigenvalue weighted by Crippen LogP contribution is -2.31. The number of carbonyl (C=O) groups is 2. The smallest absolute Gasteiger partial charge is 0.290 e. The molecule has 0 fully saturated rings. The van der Waals surface area contributed by atoms with Gasteiger partial charge in [-0.1, -0.05) is 19.9 Å². The van der Waals surface area contributed by atoms with Crippen molar-refractivity contribution in [2.75, 3.05) is 21.3 Å². The van der Waals surface area contributed by atoms with E-state index in [4.69, 9.17) is 14.2 Å². The molecule has 1 aromatic carbocycles. The van der Waals surface area contributed by atoms with Crippen molar-refractivity contribution in [3.05, 3.63) is 59.1 Å². The van der Waals surface area contributed by atoms with Crippen LogP contribution in [-0.2, 0) is 16.1 Å². The minimum atomic E-state index is -0.817. The van der Waals surface area contributed by atoms with E-state index in [-0.39, 0.29) is 30.2 Å². The molecule has 0 spiro atoms. The van der Waals surface area contributed by atoms with E-state index in [1.807, 2.05) is 19.9 Å². The van der Waals surface area contributed by atoms with Crippen LogP contribution >= 0.6 is 0 Å². The molecule has 0 saturated heterocycles.